The van der Waals surface area contributed by atoms with Crippen LogP contribution in [0.4, 0.5) is 10.6 Å². The first-order valence-electron chi connectivity index (χ1n) is 9.64. The molecule has 0 radical (unpaired) electrons. The van der Waals surface area contributed by atoms with Crippen molar-refractivity contribution in [3.63, 3.8) is 0 Å². The minimum absolute atomic E-state index is 0.0663. The van der Waals surface area contributed by atoms with Crippen LogP contribution in [-0.4, -0.2) is 34.2 Å². The summed E-state index contributed by atoms with van der Waals surface area (Å²) in [4.78, 5) is 19.0. The highest BCUT2D eigenvalue weighted by Gasteiger charge is 2.31. The van der Waals surface area contributed by atoms with Crippen LogP contribution in [0.5, 0.6) is 0 Å². The molecule has 1 saturated heterocycles. The van der Waals surface area contributed by atoms with Crippen molar-refractivity contribution in [1.29, 1.82) is 0 Å². The first-order valence-corrected chi connectivity index (χ1v) is 9.64. The van der Waals surface area contributed by atoms with Crippen LogP contribution in [0.3, 0.4) is 0 Å². The summed E-state index contributed by atoms with van der Waals surface area (Å²) in [6.07, 6.45) is 9.92. The molecule has 1 N–H and O–H groups in total. The standard InChI is InChI=1S/C20H31N3O2/c1-20(2,3)25-19(24)23-13-7-6-10-17(23)15-11-12-18(21-14-15)22-16-8-4-5-9-16/h11-12,14,16-17H,4-10,13H2,1-3H3,(H,21,22)/t17-/m1/s1. The number of rotatable bonds is 3. The van der Waals surface area contributed by atoms with E-state index in [1.54, 1.807) is 0 Å². The number of ether oxygens (including phenoxy) is 1. The highest BCUT2D eigenvalue weighted by molar-refractivity contribution is 5.69. The van der Waals surface area contributed by atoms with Crippen LogP contribution in [0.15, 0.2) is 18.3 Å². The van der Waals surface area contributed by atoms with E-state index in [1.807, 2.05) is 31.9 Å². The van der Waals surface area contributed by atoms with E-state index in [0.29, 0.717) is 6.04 Å². The van der Waals surface area contributed by atoms with Crippen molar-refractivity contribution in [3.05, 3.63) is 23.9 Å². The van der Waals surface area contributed by atoms with E-state index in [2.05, 4.69) is 22.4 Å². The molecule has 1 saturated carbocycles. The quantitative estimate of drug-likeness (QED) is 0.846. The summed E-state index contributed by atoms with van der Waals surface area (Å²) in [7, 11) is 0. The Morgan fingerprint density at radius 3 is 2.52 bits per heavy atom. The normalized spacial score (nSPS) is 22.0. The lowest BCUT2D eigenvalue weighted by molar-refractivity contribution is 0.00948. The molecule has 0 unspecified atom stereocenters. The maximum absolute atomic E-state index is 12.6. The zero-order valence-electron chi connectivity index (χ0n) is 15.8. The maximum atomic E-state index is 12.6. The van der Waals surface area contributed by atoms with Gasteiger partial charge in [0.25, 0.3) is 0 Å². The fourth-order valence-corrected chi connectivity index (χ4v) is 3.78. The van der Waals surface area contributed by atoms with Gasteiger partial charge in [0.15, 0.2) is 0 Å². The molecule has 2 heterocycles. The molecule has 5 nitrogen and oxygen atoms in total. The minimum Gasteiger partial charge on any atom is -0.444 e. The molecular weight excluding hydrogens is 314 g/mol. The molecule has 1 atom stereocenters. The Balaban J connectivity index is 1.68. The zero-order chi connectivity index (χ0) is 17.9. The summed E-state index contributed by atoms with van der Waals surface area (Å²) >= 11 is 0. The van der Waals surface area contributed by atoms with Gasteiger partial charge in [-0.05, 0) is 64.5 Å². The van der Waals surface area contributed by atoms with Crippen LogP contribution in [0.25, 0.3) is 0 Å². The topological polar surface area (TPSA) is 54.5 Å². The fourth-order valence-electron chi connectivity index (χ4n) is 3.78. The number of hydrogen-bond donors (Lipinski definition) is 1. The molecule has 1 aromatic heterocycles. The van der Waals surface area contributed by atoms with E-state index < -0.39 is 5.60 Å². The monoisotopic (exact) mass is 345 g/mol. The van der Waals surface area contributed by atoms with Crippen molar-refractivity contribution in [2.75, 3.05) is 11.9 Å². The number of anilines is 1. The lowest BCUT2D eigenvalue weighted by Crippen LogP contribution is -2.41. The smallest absolute Gasteiger partial charge is 0.410 e. The number of pyridine rings is 1. The lowest BCUT2D eigenvalue weighted by atomic mass is 9.97. The van der Waals surface area contributed by atoms with Gasteiger partial charge in [-0.25, -0.2) is 9.78 Å². The second-order valence-corrected chi connectivity index (χ2v) is 8.29. The average Bonchev–Trinajstić information content (AvgIpc) is 3.07. The van der Waals surface area contributed by atoms with Gasteiger partial charge in [0.2, 0.25) is 0 Å². The minimum atomic E-state index is -0.466. The van der Waals surface area contributed by atoms with Crippen molar-refractivity contribution >= 4 is 11.9 Å². The lowest BCUT2D eigenvalue weighted by Gasteiger charge is -2.37. The molecule has 25 heavy (non-hydrogen) atoms. The van der Waals surface area contributed by atoms with Crippen LogP contribution < -0.4 is 5.32 Å². The highest BCUT2D eigenvalue weighted by Crippen LogP contribution is 2.32. The summed E-state index contributed by atoms with van der Waals surface area (Å²) in [5.74, 6) is 0.940. The Bertz CT molecular complexity index is 574. The number of carbonyl (C=O) groups excluding carboxylic acids is 1. The number of carbonyl (C=O) groups is 1. The van der Waals surface area contributed by atoms with Crippen molar-refractivity contribution in [2.24, 2.45) is 0 Å². The number of nitrogens with zero attached hydrogens (tertiary/aromatic N) is 2. The molecule has 5 heteroatoms. The molecular formula is C20H31N3O2. The summed E-state index contributed by atoms with van der Waals surface area (Å²) in [5, 5.41) is 3.52. The van der Waals surface area contributed by atoms with Crippen LogP contribution in [-0.2, 0) is 4.74 Å². The molecule has 0 bridgehead atoms. The molecule has 1 aliphatic heterocycles. The molecule has 138 valence electrons. The van der Waals surface area contributed by atoms with Gasteiger partial charge in [-0.1, -0.05) is 18.9 Å². The summed E-state index contributed by atoms with van der Waals surface area (Å²) in [6.45, 7) is 6.49. The Hall–Kier alpha value is -1.78. The third-order valence-electron chi connectivity index (χ3n) is 5.01. The van der Waals surface area contributed by atoms with E-state index in [4.69, 9.17) is 4.74 Å². The molecule has 0 spiro atoms. The van der Waals surface area contributed by atoms with E-state index in [9.17, 15) is 4.79 Å². The molecule has 1 amide bonds. The largest absolute Gasteiger partial charge is 0.444 e. The van der Waals surface area contributed by atoms with Gasteiger partial charge in [-0.2, -0.15) is 0 Å². The van der Waals surface area contributed by atoms with Crippen molar-refractivity contribution in [2.45, 2.75) is 83.4 Å². The fraction of sp³-hybridized carbons (Fsp3) is 0.700. The summed E-state index contributed by atoms with van der Waals surface area (Å²) in [6, 6.07) is 4.79. The van der Waals surface area contributed by atoms with Crippen molar-refractivity contribution in [3.8, 4) is 0 Å². The summed E-state index contributed by atoms with van der Waals surface area (Å²) in [5.41, 5.74) is 0.634. The SMILES string of the molecule is CC(C)(C)OC(=O)N1CCCC[C@@H]1c1ccc(NC2CCCC2)nc1. The highest BCUT2D eigenvalue weighted by atomic mass is 16.6. The van der Waals surface area contributed by atoms with Gasteiger partial charge in [-0.15, -0.1) is 0 Å². The molecule has 1 aromatic rings. The number of piperidine rings is 1. The Morgan fingerprint density at radius 2 is 1.88 bits per heavy atom. The third-order valence-corrected chi connectivity index (χ3v) is 5.01. The molecule has 2 aliphatic rings. The predicted molar refractivity (Wildman–Crippen MR) is 99.6 cm³/mol. The van der Waals surface area contributed by atoms with Crippen LogP contribution in [0.2, 0.25) is 0 Å². The van der Waals surface area contributed by atoms with Crippen LogP contribution in [0.1, 0.15) is 77.3 Å². The van der Waals surface area contributed by atoms with Crippen LogP contribution in [0, 0.1) is 0 Å². The van der Waals surface area contributed by atoms with Gasteiger partial charge in [0, 0.05) is 18.8 Å². The van der Waals surface area contributed by atoms with E-state index in [1.165, 1.54) is 25.7 Å². The van der Waals surface area contributed by atoms with E-state index in [-0.39, 0.29) is 12.1 Å². The third kappa shape index (κ3) is 4.86. The van der Waals surface area contributed by atoms with Gasteiger partial charge in [0.1, 0.15) is 11.4 Å². The van der Waals surface area contributed by atoms with Gasteiger partial charge in [-0.3, -0.25) is 0 Å². The second kappa shape index (κ2) is 7.63. The number of hydrogen-bond acceptors (Lipinski definition) is 4. The Morgan fingerprint density at radius 1 is 1.16 bits per heavy atom. The number of amides is 1. The maximum Gasteiger partial charge on any atom is 0.410 e. The molecule has 1 aliphatic carbocycles. The van der Waals surface area contributed by atoms with Gasteiger partial charge >= 0.3 is 6.09 Å². The van der Waals surface area contributed by atoms with Crippen LogP contribution >= 0.6 is 0 Å². The van der Waals surface area contributed by atoms with E-state index in [0.717, 1.165) is 37.2 Å². The Kier molecular flexibility index (Phi) is 5.50. The molecule has 3 rings (SSSR count). The van der Waals surface area contributed by atoms with E-state index >= 15 is 0 Å². The average molecular weight is 345 g/mol. The van der Waals surface area contributed by atoms with Crippen molar-refractivity contribution in [1.82, 2.24) is 9.88 Å². The summed E-state index contributed by atoms with van der Waals surface area (Å²) < 4.78 is 5.60. The van der Waals surface area contributed by atoms with Gasteiger partial charge in [0.05, 0.1) is 6.04 Å². The first kappa shape index (κ1) is 18.0. The zero-order valence-corrected chi connectivity index (χ0v) is 15.8. The predicted octanol–water partition coefficient (Wildman–Crippen LogP) is 4.90. The number of likely N-dealkylation sites (tertiary alicyclic amines) is 1. The second-order valence-electron chi connectivity index (χ2n) is 8.29. The molecule has 0 aromatic carbocycles. The molecule has 2 fully saturated rings. The van der Waals surface area contributed by atoms with Gasteiger partial charge < -0.3 is 15.0 Å². The first-order chi connectivity index (χ1) is 11.9. The van der Waals surface area contributed by atoms with Crippen molar-refractivity contribution < 1.29 is 9.53 Å². The number of aromatic nitrogens is 1. The Labute approximate surface area is 151 Å². The number of nitrogens with one attached hydrogen (secondary N) is 1.